The summed E-state index contributed by atoms with van der Waals surface area (Å²) in [5, 5.41) is 3.17. The standard InChI is InChI=1S/C22H21ClF3N5O2/c1-12(14-8-15(22(24,25)26)10-16(27)9-14)28-19-17-2-5-31(20(32)13-4-7-33-11-13)6-3-18(17)29-21(23)30-19/h4,7-12H,2-3,5-6,27H2,1H3,(H,28,29,30)/t12-/m1/s1. The highest BCUT2D eigenvalue weighted by Gasteiger charge is 2.31. The molecule has 0 radical (unpaired) electrons. The van der Waals surface area contributed by atoms with Gasteiger partial charge < -0.3 is 20.4 Å². The van der Waals surface area contributed by atoms with Crippen LogP contribution >= 0.6 is 11.6 Å². The smallest absolute Gasteiger partial charge is 0.416 e. The van der Waals surface area contributed by atoms with E-state index in [0.29, 0.717) is 48.6 Å². The molecule has 0 aliphatic carbocycles. The first-order valence-corrected chi connectivity index (χ1v) is 10.6. The van der Waals surface area contributed by atoms with Crippen LogP contribution in [0.25, 0.3) is 0 Å². The van der Waals surface area contributed by atoms with Crippen molar-refractivity contribution in [1.82, 2.24) is 14.9 Å². The predicted octanol–water partition coefficient (Wildman–Crippen LogP) is 4.74. The first kappa shape index (κ1) is 22.9. The average molecular weight is 480 g/mol. The quantitative estimate of drug-likeness (QED) is 0.414. The summed E-state index contributed by atoms with van der Waals surface area (Å²) >= 11 is 6.13. The summed E-state index contributed by atoms with van der Waals surface area (Å²) in [6.45, 7) is 2.56. The Hall–Kier alpha value is -3.27. The number of nitrogens with two attached hydrogens (primary N) is 1. The molecule has 0 unspecified atom stereocenters. The Morgan fingerprint density at radius 1 is 1.24 bits per heavy atom. The number of nitrogens with zero attached hydrogens (tertiary/aromatic N) is 3. The van der Waals surface area contributed by atoms with E-state index in [1.54, 1.807) is 17.9 Å². The summed E-state index contributed by atoms with van der Waals surface area (Å²) in [5.41, 5.74) is 7.18. The molecule has 174 valence electrons. The molecular weight excluding hydrogens is 459 g/mol. The van der Waals surface area contributed by atoms with Crippen molar-refractivity contribution in [2.24, 2.45) is 0 Å². The Kier molecular flexibility index (Phi) is 6.20. The van der Waals surface area contributed by atoms with E-state index in [-0.39, 0.29) is 16.9 Å². The van der Waals surface area contributed by atoms with Crippen LogP contribution in [0.3, 0.4) is 0 Å². The van der Waals surface area contributed by atoms with E-state index in [1.165, 1.54) is 18.6 Å². The van der Waals surface area contributed by atoms with E-state index in [4.69, 9.17) is 21.8 Å². The summed E-state index contributed by atoms with van der Waals surface area (Å²) < 4.78 is 44.6. The molecule has 1 atom stereocenters. The lowest BCUT2D eigenvalue weighted by Crippen LogP contribution is -2.33. The summed E-state index contributed by atoms with van der Waals surface area (Å²) in [4.78, 5) is 23.0. The van der Waals surface area contributed by atoms with Gasteiger partial charge in [-0.05, 0) is 54.8 Å². The zero-order valence-corrected chi connectivity index (χ0v) is 18.4. The number of aromatic nitrogens is 2. The molecule has 4 rings (SSSR count). The summed E-state index contributed by atoms with van der Waals surface area (Å²) in [7, 11) is 0. The average Bonchev–Trinajstić information content (AvgIpc) is 3.20. The topological polar surface area (TPSA) is 97.3 Å². The minimum absolute atomic E-state index is 0.0152. The van der Waals surface area contributed by atoms with E-state index >= 15 is 0 Å². The Morgan fingerprint density at radius 3 is 2.70 bits per heavy atom. The number of hydrogen-bond donors (Lipinski definition) is 2. The lowest BCUT2D eigenvalue weighted by molar-refractivity contribution is -0.137. The van der Waals surface area contributed by atoms with Gasteiger partial charge in [0.05, 0.1) is 29.1 Å². The number of alkyl halides is 3. The van der Waals surface area contributed by atoms with Gasteiger partial charge in [-0.25, -0.2) is 9.97 Å². The van der Waals surface area contributed by atoms with Crippen LogP contribution < -0.4 is 11.1 Å². The molecular formula is C22H21ClF3N5O2. The molecule has 0 spiro atoms. The molecule has 3 aromatic rings. The van der Waals surface area contributed by atoms with Gasteiger partial charge >= 0.3 is 6.18 Å². The van der Waals surface area contributed by atoms with E-state index in [0.717, 1.165) is 17.7 Å². The van der Waals surface area contributed by atoms with E-state index in [9.17, 15) is 18.0 Å². The van der Waals surface area contributed by atoms with Crippen molar-refractivity contribution in [3.63, 3.8) is 0 Å². The number of fused-ring (bicyclic) bond motifs is 1. The Balaban J connectivity index is 1.58. The maximum absolute atomic E-state index is 13.2. The van der Waals surface area contributed by atoms with Crippen LogP contribution in [0.15, 0.2) is 41.2 Å². The van der Waals surface area contributed by atoms with Crippen LogP contribution in [0, 0.1) is 0 Å². The molecule has 1 aromatic carbocycles. The lowest BCUT2D eigenvalue weighted by atomic mass is 10.0. The Bertz CT molecular complexity index is 1170. The van der Waals surface area contributed by atoms with Gasteiger partial charge in [0.2, 0.25) is 5.28 Å². The van der Waals surface area contributed by atoms with Crippen LogP contribution in [-0.4, -0.2) is 33.9 Å². The molecule has 0 fully saturated rings. The van der Waals surface area contributed by atoms with Crippen LogP contribution in [-0.2, 0) is 19.0 Å². The normalized spacial score (nSPS) is 15.0. The first-order valence-electron chi connectivity index (χ1n) is 10.2. The van der Waals surface area contributed by atoms with Crippen molar-refractivity contribution >= 4 is 29.0 Å². The highest BCUT2D eigenvalue weighted by molar-refractivity contribution is 6.28. The number of anilines is 2. The van der Waals surface area contributed by atoms with Gasteiger partial charge in [-0.2, -0.15) is 13.2 Å². The third-order valence-corrected chi connectivity index (χ3v) is 5.70. The van der Waals surface area contributed by atoms with Gasteiger partial charge in [-0.15, -0.1) is 0 Å². The predicted molar refractivity (Wildman–Crippen MR) is 117 cm³/mol. The second kappa shape index (κ2) is 8.93. The number of carbonyl (C=O) groups is 1. The number of hydrogen-bond acceptors (Lipinski definition) is 6. The third kappa shape index (κ3) is 5.05. The fourth-order valence-corrected chi connectivity index (χ4v) is 4.03. The van der Waals surface area contributed by atoms with Gasteiger partial charge in [0.1, 0.15) is 12.1 Å². The largest absolute Gasteiger partial charge is 0.472 e. The van der Waals surface area contributed by atoms with Gasteiger partial charge in [0, 0.05) is 30.8 Å². The number of benzene rings is 1. The molecule has 0 saturated heterocycles. The fraction of sp³-hybridized carbons (Fsp3) is 0.318. The van der Waals surface area contributed by atoms with Crippen molar-refractivity contribution in [3.05, 3.63) is 70.0 Å². The fourth-order valence-electron chi connectivity index (χ4n) is 3.84. The maximum atomic E-state index is 13.2. The highest BCUT2D eigenvalue weighted by Crippen LogP contribution is 2.34. The molecule has 0 bridgehead atoms. The zero-order valence-electron chi connectivity index (χ0n) is 17.6. The molecule has 2 aromatic heterocycles. The van der Waals surface area contributed by atoms with E-state index in [1.807, 2.05) is 0 Å². The molecule has 1 aliphatic heterocycles. The van der Waals surface area contributed by atoms with Crippen molar-refractivity contribution < 1.29 is 22.4 Å². The van der Waals surface area contributed by atoms with Gasteiger partial charge in [0.25, 0.3) is 5.91 Å². The molecule has 1 amide bonds. The molecule has 3 N–H and O–H groups in total. The number of halogens is 4. The second-order valence-corrected chi connectivity index (χ2v) is 8.16. The summed E-state index contributed by atoms with van der Waals surface area (Å²) in [6.07, 6.45) is -0.762. The first-order chi connectivity index (χ1) is 15.6. The van der Waals surface area contributed by atoms with Crippen LogP contribution in [0.1, 0.15) is 45.7 Å². The van der Waals surface area contributed by atoms with Gasteiger partial charge in [-0.3, -0.25) is 4.79 Å². The molecule has 1 aliphatic rings. The van der Waals surface area contributed by atoms with E-state index < -0.39 is 17.8 Å². The molecule has 7 nitrogen and oxygen atoms in total. The monoisotopic (exact) mass is 479 g/mol. The highest BCUT2D eigenvalue weighted by atomic mass is 35.5. The van der Waals surface area contributed by atoms with Gasteiger partial charge in [0.15, 0.2) is 0 Å². The number of furan rings is 1. The zero-order chi connectivity index (χ0) is 23.8. The van der Waals surface area contributed by atoms with Crippen LogP contribution in [0.2, 0.25) is 5.28 Å². The Morgan fingerprint density at radius 2 is 2.00 bits per heavy atom. The molecule has 11 heteroatoms. The SMILES string of the molecule is C[C@@H](Nc1nc(Cl)nc2c1CCN(C(=O)c1ccoc1)CC2)c1cc(N)cc(C(F)(F)F)c1. The number of amides is 1. The molecule has 0 saturated carbocycles. The number of carbonyl (C=O) groups excluding carboxylic acids is 1. The summed E-state index contributed by atoms with van der Waals surface area (Å²) in [6, 6.07) is 4.50. The van der Waals surface area contributed by atoms with Crippen molar-refractivity contribution in [3.8, 4) is 0 Å². The van der Waals surface area contributed by atoms with E-state index in [2.05, 4.69) is 15.3 Å². The van der Waals surface area contributed by atoms with Crippen molar-refractivity contribution in [1.29, 1.82) is 0 Å². The number of rotatable bonds is 4. The number of nitrogen functional groups attached to an aromatic ring is 1. The van der Waals surface area contributed by atoms with Crippen LogP contribution in [0.5, 0.6) is 0 Å². The lowest BCUT2D eigenvalue weighted by Gasteiger charge is -2.20. The second-order valence-electron chi connectivity index (χ2n) is 7.82. The molecule has 33 heavy (non-hydrogen) atoms. The number of nitrogens with one attached hydrogen (secondary N) is 1. The van der Waals surface area contributed by atoms with Crippen LogP contribution in [0.4, 0.5) is 24.7 Å². The molecule has 3 heterocycles. The summed E-state index contributed by atoms with van der Waals surface area (Å²) in [5.74, 6) is 0.268. The minimum atomic E-state index is -4.51. The maximum Gasteiger partial charge on any atom is 0.416 e. The third-order valence-electron chi connectivity index (χ3n) is 5.53. The Labute approximate surface area is 192 Å². The minimum Gasteiger partial charge on any atom is -0.472 e. The van der Waals surface area contributed by atoms with Crippen molar-refractivity contribution in [2.75, 3.05) is 24.1 Å². The van der Waals surface area contributed by atoms with Gasteiger partial charge in [-0.1, -0.05) is 0 Å². The van der Waals surface area contributed by atoms with Crippen molar-refractivity contribution in [2.45, 2.75) is 32.0 Å².